The number of ether oxygens (including phenoxy) is 3. The number of hydrogen-bond donors (Lipinski definition) is 1. The molecule has 0 saturated carbocycles. The van der Waals surface area contributed by atoms with Crippen molar-refractivity contribution in [1.82, 2.24) is 4.90 Å². The average Bonchev–Trinajstić information content (AvgIpc) is 3.05. The molecule has 0 aromatic rings. The number of amides is 1. The van der Waals surface area contributed by atoms with Crippen molar-refractivity contribution in [1.29, 1.82) is 5.26 Å². The van der Waals surface area contributed by atoms with Gasteiger partial charge in [-0.05, 0) is 48.0 Å². The van der Waals surface area contributed by atoms with Crippen molar-refractivity contribution < 1.29 is 24.1 Å². The number of aliphatic hydroxyl groups excluding tert-OH is 1. The van der Waals surface area contributed by atoms with E-state index in [0.717, 1.165) is 0 Å². The van der Waals surface area contributed by atoms with Gasteiger partial charge in [-0.1, -0.05) is 12.2 Å². The number of allylic oxidation sites excluding steroid dienone is 1. The first kappa shape index (κ1) is 20.7. The van der Waals surface area contributed by atoms with Gasteiger partial charge in [-0.25, -0.2) is 4.79 Å². The first-order valence-corrected chi connectivity index (χ1v) is 9.02. The van der Waals surface area contributed by atoms with Crippen LogP contribution in [-0.4, -0.2) is 58.4 Å². The van der Waals surface area contributed by atoms with Crippen molar-refractivity contribution in [3.8, 4) is 6.07 Å². The summed E-state index contributed by atoms with van der Waals surface area (Å²) in [6, 6.07) is 0.886. The van der Waals surface area contributed by atoms with E-state index in [4.69, 9.17) is 14.2 Å². The van der Waals surface area contributed by atoms with Crippen molar-refractivity contribution in [3.63, 3.8) is 0 Å². The molecular formula is C19H30N2O5. The van der Waals surface area contributed by atoms with Gasteiger partial charge in [-0.2, -0.15) is 5.26 Å². The molecule has 0 bridgehead atoms. The zero-order chi connectivity index (χ0) is 19.7. The van der Waals surface area contributed by atoms with Gasteiger partial charge in [0.15, 0.2) is 5.79 Å². The summed E-state index contributed by atoms with van der Waals surface area (Å²) in [5.41, 5.74) is -0.694. The van der Waals surface area contributed by atoms with E-state index in [0.29, 0.717) is 6.42 Å². The third kappa shape index (κ3) is 4.56. The lowest BCUT2D eigenvalue weighted by Gasteiger charge is -2.35. The van der Waals surface area contributed by atoms with Crippen molar-refractivity contribution in [2.24, 2.45) is 5.92 Å². The fourth-order valence-electron chi connectivity index (χ4n) is 3.56. The van der Waals surface area contributed by atoms with Crippen LogP contribution in [0.15, 0.2) is 12.2 Å². The lowest BCUT2D eigenvalue weighted by atomic mass is 9.92. The van der Waals surface area contributed by atoms with E-state index in [-0.39, 0.29) is 12.5 Å². The lowest BCUT2D eigenvalue weighted by Crippen LogP contribution is -2.53. The summed E-state index contributed by atoms with van der Waals surface area (Å²) in [6.07, 6.45) is 2.06. The number of nitrogens with zero attached hydrogens (tertiary/aromatic N) is 2. The van der Waals surface area contributed by atoms with E-state index in [9.17, 15) is 15.2 Å². The molecule has 0 radical (unpaired) electrons. The Hall–Kier alpha value is -1.62. The first-order valence-electron chi connectivity index (χ1n) is 9.02. The van der Waals surface area contributed by atoms with Gasteiger partial charge in [0.25, 0.3) is 0 Å². The Morgan fingerprint density at radius 2 is 2.12 bits per heavy atom. The van der Waals surface area contributed by atoms with Crippen molar-refractivity contribution in [3.05, 3.63) is 12.2 Å². The van der Waals surface area contributed by atoms with Crippen LogP contribution in [0, 0.1) is 17.2 Å². The summed E-state index contributed by atoms with van der Waals surface area (Å²) >= 11 is 0. The van der Waals surface area contributed by atoms with Crippen LogP contribution in [-0.2, 0) is 14.2 Å². The number of hydrogen-bond acceptors (Lipinski definition) is 6. The molecule has 2 heterocycles. The van der Waals surface area contributed by atoms with Crippen LogP contribution in [0.25, 0.3) is 0 Å². The van der Waals surface area contributed by atoms with Crippen LogP contribution in [0.4, 0.5) is 4.79 Å². The van der Waals surface area contributed by atoms with Crippen LogP contribution in [0.2, 0.25) is 0 Å². The standard InChI is InChI=1S/C19H30N2O5/c1-7-8-12-9-13(10-20)21(17(23)26-18(2,3)4)15(12)16(22)14-11-24-19(5,6)25-14/h7-8,12-16,22H,9,11H2,1-6H3/b8-7-/t12-,13-,14?,15-,16-/m1/s1. The third-order valence-electron chi connectivity index (χ3n) is 4.55. The van der Waals surface area contributed by atoms with Crippen molar-refractivity contribution >= 4 is 6.09 Å². The van der Waals surface area contributed by atoms with E-state index in [2.05, 4.69) is 6.07 Å². The molecule has 1 unspecified atom stereocenters. The van der Waals surface area contributed by atoms with Crippen molar-refractivity contribution in [2.75, 3.05) is 6.61 Å². The Labute approximate surface area is 155 Å². The third-order valence-corrected chi connectivity index (χ3v) is 4.55. The van der Waals surface area contributed by atoms with E-state index >= 15 is 0 Å². The molecule has 1 N–H and O–H groups in total. The smallest absolute Gasteiger partial charge is 0.411 e. The Bertz CT molecular complexity index is 590. The first-order chi connectivity index (χ1) is 12.0. The molecule has 0 aromatic carbocycles. The number of rotatable bonds is 3. The second-order valence-electron chi connectivity index (χ2n) is 8.31. The fraction of sp³-hybridized carbons (Fsp3) is 0.789. The minimum absolute atomic E-state index is 0.167. The molecule has 26 heavy (non-hydrogen) atoms. The zero-order valence-electron chi connectivity index (χ0n) is 16.4. The summed E-state index contributed by atoms with van der Waals surface area (Å²) in [4.78, 5) is 14.2. The van der Waals surface area contributed by atoms with Gasteiger partial charge < -0.3 is 19.3 Å². The van der Waals surface area contributed by atoms with Gasteiger partial charge in [-0.3, -0.25) is 4.90 Å². The second-order valence-corrected chi connectivity index (χ2v) is 8.31. The SMILES string of the molecule is C/C=C\[C@@H]1C[C@H](C#N)N(C(=O)OC(C)(C)C)[C@H]1[C@H](O)C1COC(C)(C)O1. The lowest BCUT2D eigenvalue weighted by molar-refractivity contribution is -0.156. The molecule has 1 amide bonds. The molecule has 146 valence electrons. The Balaban J connectivity index is 2.31. The Kier molecular flexibility index (Phi) is 6.01. The molecule has 5 atom stereocenters. The maximum atomic E-state index is 12.8. The summed E-state index contributed by atoms with van der Waals surface area (Å²) in [5.74, 6) is -0.953. The predicted octanol–water partition coefficient (Wildman–Crippen LogP) is 2.59. The van der Waals surface area contributed by atoms with Crippen LogP contribution in [0.3, 0.4) is 0 Å². The molecule has 2 aliphatic heterocycles. The summed E-state index contributed by atoms with van der Waals surface area (Å²) < 4.78 is 16.8. The highest BCUT2D eigenvalue weighted by Gasteiger charge is 2.51. The summed E-state index contributed by atoms with van der Waals surface area (Å²) in [6.45, 7) is 11.0. The number of nitriles is 1. The maximum Gasteiger partial charge on any atom is 0.411 e. The van der Waals surface area contributed by atoms with Gasteiger partial charge in [0.05, 0.1) is 18.7 Å². The molecule has 7 heteroatoms. The predicted molar refractivity (Wildman–Crippen MR) is 95.1 cm³/mol. The minimum atomic E-state index is -0.996. The van der Waals surface area contributed by atoms with Gasteiger partial charge in [0.2, 0.25) is 0 Å². The quantitative estimate of drug-likeness (QED) is 0.772. The maximum absolute atomic E-state index is 12.8. The normalized spacial score (nSPS) is 32.6. The molecule has 0 aromatic heterocycles. The highest BCUT2D eigenvalue weighted by atomic mass is 16.7. The van der Waals surface area contributed by atoms with Gasteiger partial charge in [0, 0.05) is 5.92 Å². The van der Waals surface area contributed by atoms with Gasteiger partial charge >= 0.3 is 6.09 Å². The fourth-order valence-corrected chi connectivity index (χ4v) is 3.56. The Morgan fingerprint density at radius 3 is 2.58 bits per heavy atom. The largest absolute Gasteiger partial charge is 0.444 e. The van der Waals surface area contributed by atoms with E-state index in [1.54, 1.807) is 34.6 Å². The second kappa shape index (κ2) is 7.55. The summed E-state index contributed by atoms with van der Waals surface area (Å²) in [7, 11) is 0. The summed E-state index contributed by atoms with van der Waals surface area (Å²) in [5, 5.41) is 20.6. The van der Waals surface area contributed by atoms with E-state index in [1.807, 2.05) is 19.1 Å². The molecule has 2 saturated heterocycles. The Morgan fingerprint density at radius 1 is 1.46 bits per heavy atom. The van der Waals surface area contributed by atoms with Gasteiger partial charge in [0.1, 0.15) is 23.9 Å². The number of likely N-dealkylation sites (tertiary alicyclic amines) is 1. The molecule has 0 aliphatic carbocycles. The molecule has 2 fully saturated rings. The molecule has 0 spiro atoms. The minimum Gasteiger partial charge on any atom is -0.444 e. The number of carbonyl (C=O) groups is 1. The average molecular weight is 366 g/mol. The monoisotopic (exact) mass is 366 g/mol. The topological polar surface area (TPSA) is 92.0 Å². The van der Waals surface area contributed by atoms with Crippen LogP contribution < -0.4 is 0 Å². The van der Waals surface area contributed by atoms with Crippen LogP contribution in [0.5, 0.6) is 0 Å². The molecular weight excluding hydrogens is 336 g/mol. The van der Waals surface area contributed by atoms with E-state index < -0.39 is 41.8 Å². The molecule has 7 nitrogen and oxygen atoms in total. The van der Waals surface area contributed by atoms with Gasteiger partial charge in [-0.15, -0.1) is 0 Å². The highest BCUT2D eigenvalue weighted by molar-refractivity contribution is 5.70. The highest BCUT2D eigenvalue weighted by Crippen LogP contribution is 2.37. The molecule has 2 aliphatic rings. The van der Waals surface area contributed by atoms with Crippen LogP contribution in [0.1, 0.15) is 48.0 Å². The van der Waals surface area contributed by atoms with Crippen molar-refractivity contribution in [2.45, 2.75) is 83.6 Å². The number of carbonyl (C=O) groups excluding carboxylic acids is 1. The number of aliphatic hydroxyl groups is 1. The van der Waals surface area contributed by atoms with E-state index in [1.165, 1.54) is 4.90 Å². The molecule has 2 rings (SSSR count). The zero-order valence-corrected chi connectivity index (χ0v) is 16.4. The van der Waals surface area contributed by atoms with Crippen LogP contribution >= 0.6 is 0 Å².